The molecule has 2 heterocycles. The van der Waals surface area contributed by atoms with Crippen LogP contribution in [-0.4, -0.2) is 94.0 Å². The molecule has 4 N–H and O–H groups in total. The first-order valence-electron chi connectivity index (χ1n) is 24.1. The number of H-pyrrole nitrogens is 2. The van der Waals surface area contributed by atoms with Crippen molar-refractivity contribution in [3.05, 3.63) is 108 Å². The summed E-state index contributed by atoms with van der Waals surface area (Å²) in [6, 6.07) is 29.5. The van der Waals surface area contributed by atoms with Gasteiger partial charge in [0.05, 0.1) is 42.3 Å². The van der Waals surface area contributed by atoms with Crippen molar-refractivity contribution in [2.45, 2.75) is 99.3 Å². The summed E-state index contributed by atoms with van der Waals surface area (Å²) in [5.41, 5.74) is 6.30. The van der Waals surface area contributed by atoms with Crippen LogP contribution in [0.4, 0.5) is 4.79 Å². The van der Waals surface area contributed by atoms with Gasteiger partial charge in [0, 0.05) is 43.5 Å². The van der Waals surface area contributed by atoms with E-state index < -0.39 is 12.1 Å². The van der Waals surface area contributed by atoms with Crippen LogP contribution in [0.5, 0.6) is 0 Å². The molecule has 1 atom stereocenters. The Kier molecular flexibility index (Phi) is 23.8. The summed E-state index contributed by atoms with van der Waals surface area (Å²) < 4.78 is 8.85. The van der Waals surface area contributed by atoms with Gasteiger partial charge in [-0.05, 0) is 84.8 Å². The summed E-state index contributed by atoms with van der Waals surface area (Å²) in [5.74, 6) is 0.858. The monoisotopic (exact) mass is 965 g/mol. The van der Waals surface area contributed by atoms with Gasteiger partial charge < -0.3 is 39.9 Å². The molecule has 0 spiro atoms. The van der Waals surface area contributed by atoms with Crippen LogP contribution < -0.4 is 10.6 Å². The van der Waals surface area contributed by atoms with E-state index in [-0.39, 0.29) is 49.3 Å². The lowest BCUT2D eigenvalue weighted by Gasteiger charge is -2.27. The van der Waals surface area contributed by atoms with Crippen molar-refractivity contribution in [3.8, 4) is 36.8 Å². The Bertz CT molecular complexity index is 2830. The summed E-state index contributed by atoms with van der Waals surface area (Å²) in [4.78, 5) is 71.7. The average Bonchev–Trinajstić information content (AvgIpc) is 4.04. The topological polar surface area (TPSA) is 175 Å². The van der Waals surface area contributed by atoms with Gasteiger partial charge in [-0.2, -0.15) is 0 Å². The number of aromatic amines is 2. The van der Waals surface area contributed by atoms with E-state index in [4.69, 9.17) is 9.97 Å². The predicted octanol–water partition coefficient (Wildman–Crippen LogP) is 10.7. The van der Waals surface area contributed by atoms with Crippen molar-refractivity contribution in [1.82, 2.24) is 40.4 Å². The number of methoxy groups -OCH3 is 2. The standard InChI is InChI=1S/C46H48N8O5.C3H8.C2H6O.C2H6.2C2H2/c1-5-21-53(45(57)41(28-9-7-6-8-10-28)52-44(56)29-11-12-29)25-38-48-36-19-15-32-22-30(13-17-34(32)42(36)50-38)31-14-18-35-33(23-31)16-20-37-43(35)51-39(49-37)26-54(27(2)3)40(55)24-47-46(58)59-4;2*1-3-2;3*1-2/h6-10,13-20,22-23,27,29,41H,5,11-12,21,24-26H2,1-4H3,(H,47,58)(H,48,50)(H,49,51)(H,52,56);3H2,1-2H3;1-2H3;1-2H3;2*1-2H/t41-;;;;;/m1...../s1. The number of carbonyl (C=O) groups is 4. The molecule has 2 aromatic heterocycles. The molecule has 5 aromatic carbocycles. The maximum Gasteiger partial charge on any atom is 0.407 e. The first-order chi connectivity index (χ1) is 34.4. The number of imidazole rings is 2. The molecular weight excluding hydrogens is 893 g/mol. The Labute approximate surface area is 419 Å². The second-order valence-electron chi connectivity index (χ2n) is 16.6. The van der Waals surface area contributed by atoms with E-state index in [0.29, 0.717) is 18.2 Å². The molecule has 8 rings (SSSR count). The third-order valence-electron chi connectivity index (χ3n) is 11.0. The Morgan fingerprint density at radius 3 is 1.68 bits per heavy atom. The normalized spacial score (nSPS) is 11.6. The van der Waals surface area contributed by atoms with Gasteiger partial charge in [0.15, 0.2) is 0 Å². The number of alkyl carbamates (subject to hydrolysis) is 1. The van der Waals surface area contributed by atoms with Crippen molar-refractivity contribution >= 4 is 67.4 Å². The molecule has 0 radical (unpaired) electrons. The van der Waals surface area contributed by atoms with Gasteiger partial charge in [-0.15, -0.1) is 25.7 Å². The van der Waals surface area contributed by atoms with E-state index in [1.165, 1.54) is 13.5 Å². The van der Waals surface area contributed by atoms with Crippen molar-refractivity contribution in [3.63, 3.8) is 0 Å². The number of terminal acetylenes is 2. The van der Waals surface area contributed by atoms with Crippen molar-refractivity contribution in [1.29, 1.82) is 0 Å². The number of rotatable bonds is 14. The number of ether oxygens (including phenoxy) is 2. The summed E-state index contributed by atoms with van der Waals surface area (Å²) in [6.07, 6.45) is 19.1. The predicted molar refractivity (Wildman–Crippen MR) is 288 cm³/mol. The Morgan fingerprint density at radius 2 is 1.23 bits per heavy atom. The van der Waals surface area contributed by atoms with Crippen LogP contribution in [0.1, 0.15) is 97.4 Å². The lowest BCUT2D eigenvalue weighted by Crippen LogP contribution is -2.43. The molecule has 1 aliphatic rings. The second kappa shape index (κ2) is 29.4. The summed E-state index contributed by atoms with van der Waals surface area (Å²) >= 11 is 0. The molecule has 7 aromatic rings. The van der Waals surface area contributed by atoms with E-state index in [1.807, 2.05) is 77.1 Å². The first-order valence-corrected chi connectivity index (χ1v) is 24.1. The SMILES string of the molecule is C#C.C#C.CC.CCC.CCCN(Cc1nc2c(ccc3cc(-c4ccc5c(ccc6[nH]c(CN(C(=O)CNC(=O)OC)C(C)C)nc65)c4)ccc32)[nH]1)C(=O)[C@H](NC(=O)C1CC1)c1ccccc1.COC. The molecule has 376 valence electrons. The van der Waals surface area contributed by atoms with E-state index in [1.54, 1.807) is 24.0 Å². The quantitative estimate of drug-likeness (QED) is 0.0779. The van der Waals surface area contributed by atoms with Gasteiger partial charge in [-0.3, -0.25) is 14.4 Å². The van der Waals surface area contributed by atoms with E-state index in [9.17, 15) is 19.2 Å². The van der Waals surface area contributed by atoms with Crippen LogP contribution >= 0.6 is 0 Å². The first kappa shape index (κ1) is 57.6. The lowest BCUT2D eigenvalue weighted by atomic mass is 9.98. The highest BCUT2D eigenvalue weighted by atomic mass is 16.5. The molecule has 4 amide bonds. The maximum atomic E-state index is 14.1. The number of nitrogens with zero attached hydrogens (tertiary/aromatic N) is 4. The van der Waals surface area contributed by atoms with Gasteiger partial charge >= 0.3 is 6.09 Å². The minimum Gasteiger partial charge on any atom is -0.453 e. The molecule has 14 heteroatoms. The second-order valence-corrected chi connectivity index (χ2v) is 16.6. The molecule has 0 aliphatic heterocycles. The molecule has 0 unspecified atom stereocenters. The number of benzene rings is 5. The van der Waals surface area contributed by atoms with Crippen LogP contribution in [0.2, 0.25) is 0 Å². The zero-order chi connectivity index (χ0) is 52.6. The lowest BCUT2D eigenvalue weighted by molar-refractivity contribution is -0.137. The van der Waals surface area contributed by atoms with Gasteiger partial charge in [0.25, 0.3) is 0 Å². The van der Waals surface area contributed by atoms with Crippen LogP contribution in [0.3, 0.4) is 0 Å². The Hall–Kier alpha value is -7.68. The Balaban J connectivity index is 0.00000102. The van der Waals surface area contributed by atoms with Crippen molar-refractivity contribution in [2.75, 3.05) is 34.4 Å². The van der Waals surface area contributed by atoms with E-state index >= 15 is 0 Å². The number of fused-ring (bicyclic) bond motifs is 6. The van der Waals surface area contributed by atoms with Crippen molar-refractivity contribution < 1.29 is 28.7 Å². The fourth-order valence-corrected chi connectivity index (χ4v) is 7.70. The fraction of sp³-hybridized carbons (Fsp3) is 0.368. The van der Waals surface area contributed by atoms with Crippen LogP contribution in [0.25, 0.3) is 54.7 Å². The van der Waals surface area contributed by atoms with E-state index in [0.717, 1.165) is 79.6 Å². The number of carbonyl (C=O) groups excluding carboxylic acids is 4. The van der Waals surface area contributed by atoms with Gasteiger partial charge in [-0.1, -0.05) is 108 Å². The highest BCUT2D eigenvalue weighted by Crippen LogP contribution is 2.33. The number of hydrogen-bond acceptors (Lipinski definition) is 8. The van der Waals surface area contributed by atoms with Gasteiger partial charge in [0.1, 0.15) is 24.2 Å². The summed E-state index contributed by atoms with van der Waals surface area (Å²) in [5, 5.41) is 9.57. The van der Waals surface area contributed by atoms with Gasteiger partial charge in [-0.25, -0.2) is 14.8 Å². The average molecular weight is 965 g/mol. The molecule has 1 aliphatic carbocycles. The zero-order valence-electron chi connectivity index (χ0n) is 43.1. The smallest absolute Gasteiger partial charge is 0.407 e. The zero-order valence-corrected chi connectivity index (χ0v) is 43.1. The largest absolute Gasteiger partial charge is 0.453 e. The minimum atomic E-state index is -0.765. The summed E-state index contributed by atoms with van der Waals surface area (Å²) in [7, 11) is 4.51. The number of hydrogen-bond donors (Lipinski definition) is 4. The highest BCUT2D eigenvalue weighted by molar-refractivity contribution is 6.07. The van der Waals surface area contributed by atoms with E-state index in [2.05, 4.69) is 118 Å². The molecule has 71 heavy (non-hydrogen) atoms. The third kappa shape index (κ3) is 15.4. The molecule has 14 nitrogen and oxygen atoms in total. The number of amides is 4. The number of aromatic nitrogens is 4. The van der Waals surface area contributed by atoms with Crippen LogP contribution in [0, 0.1) is 31.6 Å². The van der Waals surface area contributed by atoms with Crippen LogP contribution in [-0.2, 0) is 36.9 Å². The third-order valence-corrected chi connectivity index (χ3v) is 11.0. The van der Waals surface area contributed by atoms with Gasteiger partial charge in [0.2, 0.25) is 17.7 Å². The minimum absolute atomic E-state index is 0.0148. The molecule has 0 bridgehead atoms. The highest BCUT2D eigenvalue weighted by Gasteiger charge is 2.35. The Morgan fingerprint density at radius 1 is 0.732 bits per heavy atom. The number of nitrogens with one attached hydrogen (secondary N) is 4. The fourth-order valence-electron chi connectivity index (χ4n) is 7.70. The van der Waals surface area contributed by atoms with Crippen molar-refractivity contribution in [2.24, 2.45) is 5.92 Å². The van der Waals surface area contributed by atoms with Crippen LogP contribution in [0.15, 0.2) is 91.0 Å². The molecule has 0 saturated heterocycles. The summed E-state index contributed by atoms with van der Waals surface area (Å²) in [6.45, 7) is 15.0. The maximum absolute atomic E-state index is 14.1. The molecule has 1 saturated carbocycles. The molecular formula is C57H72N8O6. The molecule has 1 fully saturated rings.